The molecule has 0 bridgehead atoms. The first kappa shape index (κ1) is 24.8. The first-order valence-electron chi connectivity index (χ1n) is 12.6. The van der Waals surface area contributed by atoms with Crippen LogP contribution in [0.3, 0.4) is 0 Å². The largest absolute Gasteiger partial charge is 0.378 e. The third-order valence-corrected chi connectivity index (χ3v) is 7.81. The summed E-state index contributed by atoms with van der Waals surface area (Å²) in [6.07, 6.45) is 1.67. The third-order valence-electron chi connectivity index (χ3n) is 6.69. The number of hydrogen-bond donors (Lipinski definition) is 3. The maximum Gasteiger partial charge on any atom is 0.271 e. The molecule has 6 rings (SSSR count). The van der Waals surface area contributed by atoms with Gasteiger partial charge in [0, 0.05) is 35.2 Å². The van der Waals surface area contributed by atoms with Crippen molar-refractivity contribution in [3.63, 3.8) is 0 Å². The van der Waals surface area contributed by atoms with Gasteiger partial charge in [0.05, 0.1) is 18.1 Å². The number of benzene rings is 2. The highest BCUT2D eigenvalue weighted by atomic mass is 32.1. The molecule has 0 saturated carbocycles. The van der Waals surface area contributed by atoms with Crippen molar-refractivity contribution >= 4 is 50.3 Å². The van der Waals surface area contributed by atoms with E-state index < -0.39 is 0 Å². The van der Waals surface area contributed by atoms with Gasteiger partial charge in [0.25, 0.3) is 11.5 Å². The molecule has 39 heavy (non-hydrogen) atoms. The molecule has 5 aromatic rings. The van der Waals surface area contributed by atoms with Crippen molar-refractivity contribution in [2.45, 2.75) is 6.92 Å². The number of fused-ring (bicyclic) bond motifs is 1. The number of morpholine rings is 1. The molecular weight excluding hydrogens is 512 g/mol. The summed E-state index contributed by atoms with van der Waals surface area (Å²) in [6, 6.07) is 21.0. The number of amides is 1. The Bertz CT molecular complexity index is 1670. The minimum absolute atomic E-state index is 0.153. The fourth-order valence-corrected chi connectivity index (χ4v) is 5.54. The number of aromatic nitrogens is 3. The van der Waals surface area contributed by atoms with Gasteiger partial charge < -0.3 is 25.3 Å². The highest BCUT2D eigenvalue weighted by molar-refractivity contribution is 7.20. The summed E-state index contributed by atoms with van der Waals surface area (Å²) in [5.74, 6) is 1.09. The Morgan fingerprint density at radius 3 is 2.64 bits per heavy atom. The number of H-pyrrole nitrogens is 1. The van der Waals surface area contributed by atoms with Gasteiger partial charge in [0.15, 0.2) is 11.6 Å². The smallest absolute Gasteiger partial charge is 0.271 e. The molecule has 0 aliphatic carbocycles. The second-order valence-electron chi connectivity index (χ2n) is 9.21. The van der Waals surface area contributed by atoms with Gasteiger partial charge in [-0.2, -0.15) is 0 Å². The number of pyridine rings is 1. The predicted molar refractivity (Wildman–Crippen MR) is 155 cm³/mol. The molecule has 196 valence electrons. The van der Waals surface area contributed by atoms with Crippen LogP contribution in [0.2, 0.25) is 0 Å². The highest BCUT2D eigenvalue weighted by Crippen LogP contribution is 2.31. The minimum atomic E-state index is -0.273. The van der Waals surface area contributed by atoms with Crippen molar-refractivity contribution in [2.75, 3.05) is 41.8 Å². The molecule has 2 aromatic carbocycles. The number of nitrogens with zero attached hydrogens (tertiary/aromatic N) is 3. The highest BCUT2D eigenvalue weighted by Gasteiger charge is 2.15. The van der Waals surface area contributed by atoms with Crippen molar-refractivity contribution in [1.29, 1.82) is 0 Å². The Morgan fingerprint density at radius 2 is 1.85 bits per heavy atom. The Balaban J connectivity index is 1.22. The average Bonchev–Trinajstić information content (AvgIpc) is 3.41. The van der Waals surface area contributed by atoms with Crippen LogP contribution in [0.25, 0.3) is 21.2 Å². The van der Waals surface area contributed by atoms with Crippen LogP contribution in [0.4, 0.5) is 23.0 Å². The second-order valence-corrected chi connectivity index (χ2v) is 10.3. The molecule has 1 amide bonds. The maximum absolute atomic E-state index is 13.0. The van der Waals surface area contributed by atoms with E-state index >= 15 is 0 Å². The number of carbonyl (C=O) groups excluding carboxylic acids is 1. The van der Waals surface area contributed by atoms with E-state index in [-0.39, 0.29) is 11.5 Å². The molecule has 0 unspecified atom stereocenters. The third kappa shape index (κ3) is 5.25. The van der Waals surface area contributed by atoms with Crippen molar-refractivity contribution in [1.82, 2.24) is 15.2 Å². The number of anilines is 4. The first-order valence-corrected chi connectivity index (χ1v) is 13.4. The van der Waals surface area contributed by atoms with E-state index in [2.05, 4.69) is 30.7 Å². The number of rotatable bonds is 6. The molecule has 1 aliphatic rings. The predicted octanol–water partition coefficient (Wildman–Crippen LogP) is 5.19. The molecule has 0 radical (unpaired) electrons. The molecule has 0 atom stereocenters. The lowest BCUT2D eigenvalue weighted by molar-refractivity contribution is 0.103. The number of hydrogen-bond acceptors (Lipinski definition) is 8. The van der Waals surface area contributed by atoms with E-state index in [0.29, 0.717) is 35.3 Å². The lowest BCUT2D eigenvalue weighted by atomic mass is 10.00. The van der Waals surface area contributed by atoms with Crippen LogP contribution < -0.4 is 21.1 Å². The Hall–Kier alpha value is -4.54. The van der Waals surface area contributed by atoms with Crippen LogP contribution in [0.5, 0.6) is 0 Å². The number of thiophene rings is 1. The van der Waals surface area contributed by atoms with E-state index in [1.165, 1.54) is 11.3 Å². The van der Waals surface area contributed by atoms with Crippen molar-refractivity contribution in [3.8, 4) is 11.1 Å². The summed E-state index contributed by atoms with van der Waals surface area (Å²) in [5, 5.41) is 15.7. The SMILES string of the molecule is Cc1c(NC(=O)c2cc3ccccc3s2)cccc1-c1c[nH]c(=O)c(Nc2ccc(N3CCOCC3)nn2)c1. The molecule has 10 heteroatoms. The van der Waals surface area contributed by atoms with Gasteiger partial charge in [-0.1, -0.05) is 30.3 Å². The summed E-state index contributed by atoms with van der Waals surface area (Å²) in [6.45, 7) is 4.82. The van der Waals surface area contributed by atoms with Gasteiger partial charge in [-0.3, -0.25) is 9.59 Å². The minimum Gasteiger partial charge on any atom is -0.378 e. The second kappa shape index (κ2) is 10.7. The normalized spacial score (nSPS) is 13.4. The molecule has 0 spiro atoms. The topological polar surface area (TPSA) is 112 Å². The average molecular weight is 539 g/mol. The van der Waals surface area contributed by atoms with Crippen LogP contribution in [-0.4, -0.2) is 47.4 Å². The molecule has 4 heterocycles. The molecule has 1 aliphatic heterocycles. The van der Waals surface area contributed by atoms with Crippen LogP contribution >= 0.6 is 11.3 Å². The van der Waals surface area contributed by atoms with E-state index in [0.717, 1.165) is 45.7 Å². The molecule has 3 aromatic heterocycles. The zero-order chi connectivity index (χ0) is 26.8. The monoisotopic (exact) mass is 538 g/mol. The van der Waals surface area contributed by atoms with E-state index in [1.54, 1.807) is 18.3 Å². The summed E-state index contributed by atoms with van der Waals surface area (Å²) < 4.78 is 6.46. The quantitative estimate of drug-likeness (QED) is 0.273. The molecule has 1 saturated heterocycles. The fourth-order valence-electron chi connectivity index (χ4n) is 4.58. The van der Waals surface area contributed by atoms with Crippen LogP contribution in [0, 0.1) is 6.92 Å². The van der Waals surface area contributed by atoms with Crippen molar-refractivity contribution in [2.24, 2.45) is 0 Å². The Morgan fingerprint density at radius 1 is 1.00 bits per heavy atom. The standard InChI is InChI=1S/C29H26N6O3S/c1-18-21(6-4-7-22(18)32-29(37)25-16-19-5-2-3-8-24(19)39-25)20-15-23(28(36)30-17-20)31-26-9-10-27(34-33-26)35-11-13-38-14-12-35/h2-10,15-17H,11-14H2,1H3,(H,30,36)(H,31,33)(H,32,37). The van der Waals surface area contributed by atoms with E-state index in [9.17, 15) is 9.59 Å². The van der Waals surface area contributed by atoms with Crippen molar-refractivity contribution in [3.05, 3.63) is 93.7 Å². The number of aromatic amines is 1. The van der Waals surface area contributed by atoms with Gasteiger partial charge in [0.2, 0.25) is 0 Å². The van der Waals surface area contributed by atoms with Gasteiger partial charge in [-0.15, -0.1) is 21.5 Å². The fraction of sp³-hybridized carbons (Fsp3) is 0.172. The van der Waals surface area contributed by atoms with Crippen LogP contribution in [0.1, 0.15) is 15.2 Å². The molecule has 9 nitrogen and oxygen atoms in total. The summed E-state index contributed by atoms with van der Waals surface area (Å²) >= 11 is 1.47. The number of carbonyl (C=O) groups is 1. The zero-order valence-corrected chi connectivity index (χ0v) is 22.0. The summed E-state index contributed by atoms with van der Waals surface area (Å²) in [5.41, 5.74) is 3.35. The van der Waals surface area contributed by atoms with E-state index in [4.69, 9.17) is 4.74 Å². The lowest BCUT2D eigenvalue weighted by Crippen LogP contribution is -2.36. The van der Waals surface area contributed by atoms with Gasteiger partial charge in [-0.25, -0.2) is 0 Å². The van der Waals surface area contributed by atoms with Gasteiger partial charge in [-0.05, 0) is 59.8 Å². The first-order chi connectivity index (χ1) is 19.0. The Labute approximate surface area is 228 Å². The van der Waals surface area contributed by atoms with Crippen molar-refractivity contribution < 1.29 is 9.53 Å². The van der Waals surface area contributed by atoms with Gasteiger partial charge >= 0.3 is 0 Å². The zero-order valence-electron chi connectivity index (χ0n) is 21.2. The molecule has 3 N–H and O–H groups in total. The summed E-state index contributed by atoms with van der Waals surface area (Å²) in [4.78, 5) is 31.2. The number of nitrogens with one attached hydrogen (secondary N) is 3. The van der Waals surface area contributed by atoms with Crippen LogP contribution in [-0.2, 0) is 4.74 Å². The maximum atomic E-state index is 13.0. The van der Waals surface area contributed by atoms with E-state index in [1.807, 2.05) is 61.5 Å². The van der Waals surface area contributed by atoms with Crippen LogP contribution in [0.15, 0.2) is 77.7 Å². The Kier molecular flexibility index (Phi) is 6.78. The molecular formula is C29H26N6O3S. The molecule has 1 fully saturated rings. The van der Waals surface area contributed by atoms with Gasteiger partial charge in [0.1, 0.15) is 5.69 Å². The summed E-state index contributed by atoms with van der Waals surface area (Å²) in [7, 11) is 0. The number of ether oxygens (including phenoxy) is 1. The lowest BCUT2D eigenvalue weighted by Gasteiger charge is -2.27.